The lowest BCUT2D eigenvalue weighted by Crippen LogP contribution is -2.32. The fraction of sp³-hybridized carbons (Fsp3) is 0.833. The number of amides is 1. The second-order valence-electron chi connectivity index (χ2n) is 2.67. The molecule has 1 N–H and O–H groups in total. The zero-order chi connectivity index (χ0) is 9.90. The van der Waals surface area contributed by atoms with Crippen molar-refractivity contribution >= 4 is 15.9 Å². The molecule has 1 fully saturated rings. The highest BCUT2D eigenvalue weighted by atomic mass is 32.2. The van der Waals surface area contributed by atoms with Crippen molar-refractivity contribution in [3.05, 3.63) is 0 Å². The van der Waals surface area contributed by atoms with Crippen molar-refractivity contribution in [1.82, 2.24) is 4.72 Å². The van der Waals surface area contributed by atoms with Gasteiger partial charge in [-0.3, -0.25) is 9.52 Å². The monoisotopic (exact) mass is 209 g/mol. The molecule has 13 heavy (non-hydrogen) atoms. The molecule has 0 saturated carbocycles. The van der Waals surface area contributed by atoms with Gasteiger partial charge < -0.3 is 9.47 Å². The zero-order valence-electron chi connectivity index (χ0n) is 7.15. The van der Waals surface area contributed by atoms with Crippen LogP contribution in [0.25, 0.3) is 0 Å². The van der Waals surface area contributed by atoms with E-state index in [9.17, 15) is 13.2 Å². The minimum Gasteiger partial charge on any atom is -0.350 e. The predicted molar refractivity (Wildman–Crippen MR) is 43.3 cm³/mol. The first-order valence-corrected chi connectivity index (χ1v) is 5.60. The van der Waals surface area contributed by atoms with Gasteiger partial charge in [0, 0.05) is 0 Å². The minimum atomic E-state index is -3.48. The van der Waals surface area contributed by atoms with Gasteiger partial charge >= 0.3 is 0 Å². The molecule has 0 unspecified atom stereocenters. The molecule has 1 amide bonds. The fourth-order valence-corrected chi connectivity index (χ4v) is 1.42. The van der Waals surface area contributed by atoms with E-state index in [2.05, 4.69) is 0 Å². The van der Waals surface area contributed by atoms with Crippen LogP contribution in [0.2, 0.25) is 0 Å². The Labute approximate surface area is 76.3 Å². The van der Waals surface area contributed by atoms with Crippen LogP contribution in [-0.2, 0) is 24.3 Å². The van der Waals surface area contributed by atoms with E-state index < -0.39 is 22.2 Å². The molecule has 1 rings (SSSR count). The van der Waals surface area contributed by atoms with Crippen molar-refractivity contribution in [1.29, 1.82) is 0 Å². The van der Waals surface area contributed by atoms with E-state index >= 15 is 0 Å². The predicted octanol–water partition coefficient (Wildman–Crippen LogP) is -1.17. The zero-order valence-corrected chi connectivity index (χ0v) is 7.96. The van der Waals surface area contributed by atoms with Crippen molar-refractivity contribution in [3.63, 3.8) is 0 Å². The third-order valence-corrected chi connectivity index (χ3v) is 1.94. The van der Waals surface area contributed by atoms with Crippen LogP contribution in [0.4, 0.5) is 0 Å². The van der Waals surface area contributed by atoms with Crippen LogP contribution < -0.4 is 4.72 Å². The van der Waals surface area contributed by atoms with E-state index in [1.807, 2.05) is 4.72 Å². The second kappa shape index (κ2) is 4.03. The SMILES string of the molecule is CS(=O)(=O)NC(=O)CC1OCCO1. The fourth-order valence-electron chi connectivity index (χ4n) is 0.925. The Hall–Kier alpha value is -0.660. The summed E-state index contributed by atoms with van der Waals surface area (Å²) >= 11 is 0. The summed E-state index contributed by atoms with van der Waals surface area (Å²) in [6, 6.07) is 0. The van der Waals surface area contributed by atoms with E-state index in [-0.39, 0.29) is 6.42 Å². The van der Waals surface area contributed by atoms with Gasteiger partial charge in [-0.05, 0) is 0 Å². The van der Waals surface area contributed by atoms with Crippen molar-refractivity contribution in [2.75, 3.05) is 19.5 Å². The summed E-state index contributed by atoms with van der Waals surface area (Å²) in [5.74, 6) is -0.616. The first-order chi connectivity index (χ1) is 5.97. The van der Waals surface area contributed by atoms with Gasteiger partial charge in [0.25, 0.3) is 0 Å². The van der Waals surface area contributed by atoms with Crippen LogP contribution in [0.3, 0.4) is 0 Å². The first-order valence-electron chi connectivity index (χ1n) is 3.71. The molecule has 1 aliphatic rings. The lowest BCUT2D eigenvalue weighted by molar-refractivity contribution is -0.127. The van der Waals surface area contributed by atoms with E-state index in [0.29, 0.717) is 13.2 Å². The van der Waals surface area contributed by atoms with Crippen LogP contribution >= 0.6 is 0 Å². The van der Waals surface area contributed by atoms with Gasteiger partial charge in [0.1, 0.15) is 0 Å². The summed E-state index contributed by atoms with van der Waals surface area (Å²) in [7, 11) is -3.48. The molecule has 0 aromatic heterocycles. The van der Waals surface area contributed by atoms with E-state index in [0.717, 1.165) is 6.26 Å². The molecule has 1 heterocycles. The van der Waals surface area contributed by atoms with Gasteiger partial charge in [-0.1, -0.05) is 0 Å². The summed E-state index contributed by atoms with van der Waals surface area (Å²) in [6.07, 6.45) is 0.218. The first kappa shape index (κ1) is 10.4. The summed E-state index contributed by atoms with van der Waals surface area (Å²) < 4.78 is 32.9. The lowest BCUT2D eigenvalue weighted by atomic mass is 10.4. The molecular weight excluding hydrogens is 198 g/mol. The molecule has 0 aromatic rings. The largest absolute Gasteiger partial charge is 0.350 e. The topological polar surface area (TPSA) is 81.7 Å². The number of carbonyl (C=O) groups excluding carboxylic acids is 1. The molecule has 6 nitrogen and oxygen atoms in total. The summed E-state index contributed by atoms with van der Waals surface area (Å²) in [5.41, 5.74) is 0. The molecule has 0 atom stereocenters. The number of nitrogens with one attached hydrogen (secondary N) is 1. The van der Waals surface area contributed by atoms with Gasteiger partial charge in [0.2, 0.25) is 15.9 Å². The highest BCUT2D eigenvalue weighted by Crippen LogP contribution is 2.07. The summed E-state index contributed by atoms with van der Waals surface area (Å²) in [5, 5.41) is 0. The Morgan fingerprint density at radius 2 is 2.00 bits per heavy atom. The molecule has 7 heteroatoms. The van der Waals surface area contributed by atoms with Crippen LogP contribution in [0.15, 0.2) is 0 Å². The Bertz CT molecular complexity index is 279. The van der Waals surface area contributed by atoms with Gasteiger partial charge in [-0.15, -0.1) is 0 Å². The molecule has 0 spiro atoms. The van der Waals surface area contributed by atoms with Crippen molar-refractivity contribution in [2.45, 2.75) is 12.7 Å². The number of hydrogen-bond donors (Lipinski definition) is 1. The second-order valence-corrected chi connectivity index (χ2v) is 4.42. The van der Waals surface area contributed by atoms with Crippen LogP contribution in [0.1, 0.15) is 6.42 Å². The highest BCUT2D eigenvalue weighted by Gasteiger charge is 2.20. The standard InChI is InChI=1S/C6H11NO5S/c1-13(9,10)7-5(8)4-6-11-2-3-12-6/h6H,2-4H2,1H3,(H,7,8). The molecule has 0 aromatic carbocycles. The molecule has 1 aliphatic heterocycles. The quantitative estimate of drug-likeness (QED) is 0.633. The number of carbonyl (C=O) groups is 1. The molecule has 0 aliphatic carbocycles. The van der Waals surface area contributed by atoms with Crippen molar-refractivity contribution in [2.24, 2.45) is 0 Å². The Kier molecular flexibility index (Phi) is 3.23. The minimum absolute atomic E-state index is 0.0902. The van der Waals surface area contributed by atoms with Crippen LogP contribution in [0.5, 0.6) is 0 Å². The molecule has 1 saturated heterocycles. The highest BCUT2D eigenvalue weighted by molar-refractivity contribution is 7.89. The van der Waals surface area contributed by atoms with Gasteiger partial charge in [-0.2, -0.15) is 0 Å². The Morgan fingerprint density at radius 3 is 2.46 bits per heavy atom. The number of rotatable bonds is 3. The summed E-state index contributed by atoms with van der Waals surface area (Å²) in [6.45, 7) is 0.883. The maximum absolute atomic E-state index is 11.0. The van der Waals surface area contributed by atoms with Crippen molar-refractivity contribution in [3.8, 4) is 0 Å². The molecule has 0 bridgehead atoms. The van der Waals surface area contributed by atoms with Gasteiger partial charge in [-0.25, -0.2) is 8.42 Å². The maximum atomic E-state index is 11.0. The average Bonchev–Trinajstić information content (AvgIpc) is 2.34. The average molecular weight is 209 g/mol. The Balaban J connectivity index is 2.33. The van der Waals surface area contributed by atoms with E-state index in [4.69, 9.17) is 9.47 Å². The smallest absolute Gasteiger partial charge is 0.238 e. The van der Waals surface area contributed by atoms with Crippen LogP contribution in [0, 0.1) is 0 Å². The maximum Gasteiger partial charge on any atom is 0.238 e. The third-order valence-electron chi connectivity index (χ3n) is 1.34. The lowest BCUT2D eigenvalue weighted by Gasteiger charge is -2.07. The number of ether oxygens (including phenoxy) is 2. The third kappa shape index (κ3) is 4.20. The summed E-state index contributed by atoms with van der Waals surface area (Å²) in [4.78, 5) is 11.0. The molecular formula is C6H11NO5S. The molecule has 76 valence electrons. The number of sulfonamides is 1. The van der Waals surface area contributed by atoms with E-state index in [1.54, 1.807) is 0 Å². The van der Waals surface area contributed by atoms with Crippen LogP contribution in [-0.4, -0.2) is 40.1 Å². The number of hydrogen-bond acceptors (Lipinski definition) is 5. The van der Waals surface area contributed by atoms with Gasteiger partial charge in [0.15, 0.2) is 6.29 Å². The van der Waals surface area contributed by atoms with Crippen molar-refractivity contribution < 1.29 is 22.7 Å². The van der Waals surface area contributed by atoms with Gasteiger partial charge in [0.05, 0.1) is 25.9 Å². The Morgan fingerprint density at radius 1 is 1.46 bits per heavy atom. The normalized spacial score (nSPS) is 18.8. The van der Waals surface area contributed by atoms with E-state index in [1.165, 1.54) is 0 Å². The molecule has 0 radical (unpaired) electrons.